The summed E-state index contributed by atoms with van der Waals surface area (Å²) in [6.07, 6.45) is 2.06. The van der Waals surface area contributed by atoms with Gasteiger partial charge in [-0.15, -0.1) is 0 Å². The zero-order valence-corrected chi connectivity index (χ0v) is 14.2. The second-order valence-electron chi connectivity index (χ2n) is 7.10. The molecule has 4 heteroatoms. The average Bonchev–Trinajstić information content (AvgIpc) is 2.43. The third-order valence-corrected chi connectivity index (χ3v) is 4.55. The normalized spacial score (nSPS) is 22.6. The van der Waals surface area contributed by atoms with Crippen LogP contribution < -0.4 is 5.32 Å². The van der Waals surface area contributed by atoms with Crippen molar-refractivity contribution in [1.29, 1.82) is 0 Å². The molecule has 2 N–H and O–H groups in total. The summed E-state index contributed by atoms with van der Waals surface area (Å²) in [7, 11) is 0. The molecule has 4 nitrogen and oxygen atoms in total. The molecule has 1 aliphatic heterocycles. The summed E-state index contributed by atoms with van der Waals surface area (Å²) in [4.78, 5) is 14.5. The first-order valence-electron chi connectivity index (χ1n) is 8.04. The number of carbonyl (C=O) groups excluding carboxylic acids is 1. The third-order valence-electron chi connectivity index (χ3n) is 4.55. The fourth-order valence-corrected chi connectivity index (χ4v) is 3.45. The van der Waals surface area contributed by atoms with Gasteiger partial charge in [0.2, 0.25) is 5.91 Å². The molecular weight excluding hydrogens is 276 g/mol. The van der Waals surface area contributed by atoms with E-state index >= 15 is 0 Å². The minimum absolute atomic E-state index is 0.0252. The number of nitrogens with zero attached hydrogens (tertiary/aromatic N) is 1. The molecule has 0 aromatic heterocycles. The van der Waals surface area contributed by atoms with Crippen molar-refractivity contribution in [3.63, 3.8) is 0 Å². The molecule has 0 radical (unpaired) electrons. The molecular formula is C18H28N2O2. The molecule has 2 rings (SSSR count). The van der Waals surface area contributed by atoms with Crippen LogP contribution in [0.1, 0.15) is 36.5 Å². The largest absolute Gasteiger partial charge is 0.396 e. The quantitative estimate of drug-likeness (QED) is 0.899. The van der Waals surface area contributed by atoms with Crippen LogP contribution in [0, 0.1) is 26.2 Å². The fourth-order valence-electron chi connectivity index (χ4n) is 3.45. The summed E-state index contributed by atoms with van der Waals surface area (Å²) >= 11 is 0. The van der Waals surface area contributed by atoms with Crippen LogP contribution in [0.3, 0.4) is 0 Å². The number of likely N-dealkylation sites (tertiary alicyclic amines) is 1. The van der Waals surface area contributed by atoms with Gasteiger partial charge in [0.05, 0.1) is 6.54 Å². The van der Waals surface area contributed by atoms with E-state index in [2.05, 4.69) is 36.2 Å². The molecule has 122 valence electrons. The molecule has 1 heterocycles. The van der Waals surface area contributed by atoms with Crippen molar-refractivity contribution in [2.75, 3.05) is 31.6 Å². The van der Waals surface area contributed by atoms with Crippen LogP contribution in [0.25, 0.3) is 0 Å². The molecule has 1 saturated heterocycles. The Morgan fingerprint density at radius 3 is 2.55 bits per heavy atom. The first-order valence-corrected chi connectivity index (χ1v) is 8.04. The highest BCUT2D eigenvalue weighted by molar-refractivity contribution is 5.93. The van der Waals surface area contributed by atoms with E-state index in [9.17, 15) is 9.90 Å². The average molecular weight is 304 g/mol. The van der Waals surface area contributed by atoms with Crippen molar-refractivity contribution >= 4 is 11.6 Å². The van der Waals surface area contributed by atoms with Crippen molar-refractivity contribution in [2.45, 2.75) is 40.5 Å². The Morgan fingerprint density at radius 1 is 1.32 bits per heavy atom. The molecule has 1 amide bonds. The molecule has 0 saturated carbocycles. The van der Waals surface area contributed by atoms with E-state index in [1.165, 1.54) is 5.56 Å². The van der Waals surface area contributed by atoms with E-state index in [4.69, 9.17) is 0 Å². The van der Waals surface area contributed by atoms with Gasteiger partial charge in [-0.05, 0) is 51.3 Å². The number of hydrogen-bond acceptors (Lipinski definition) is 3. The number of anilines is 1. The van der Waals surface area contributed by atoms with Crippen molar-refractivity contribution in [3.05, 3.63) is 28.8 Å². The number of benzene rings is 1. The monoisotopic (exact) mass is 304 g/mol. The van der Waals surface area contributed by atoms with Crippen molar-refractivity contribution in [3.8, 4) is 0 Å². The van der Waals surface area contributed by atoms with Crippen molar-refractivity contribution < 1.29 is 9.90 Å². The number of aliphatic hydroxyl groups is 1. The van der Waals surface area contributed by atoms with Crippen LogP contribution in [0.2, 0.25) is 0 Å². The van der Waals surface area contributed by atoms with Crippen molar-refractivity contribution in [2.24, 2.45) is 5.41 Å². The number of carbonyl (C=O) groups is 1. The van der Waals surface area contributed by atoms with E-state index in [0.29, 0.717) is 6.54 Å². The van der Waals surface area contributed by atoms with Gasteiger partial charge in [-0.1, -0.05) is 24.6 Å². The zero-order chi connectivity index (χ0) is 16.3. The second kappa shape index (κ2) is 6.80. The van der Waals surface area contributed by atoms with E-state index < -0.39 is 0 Å². The van der Waals surface area contributed by atoms with Crippen LogP contribution in [0.5, 0.6) is 0 Å². The molecule has 0 spiro atoms. The van der Waals surface area contributed by atoms with E-state index in [0.717, 1.165) is 42.7 Å². The van der Waals surface area contributed by atoms with E-state index in [-0.39, 0.29) is 17.9 Å². The van der Waals surface area contributed by atoms with Gasteiger partial charge in [0, 0.05) is 24.3 Å². The SMILES string of the molecule is Cc1cc(C)c(NC(=O)CN2CCCC(C)(CO)C2)c(C)c1. The van der Waals surface area contributed by atoms with Gasteiger partial charge in [-0.3, -0.25) is 9.69 Å². The first-order chi connectivity index (χ1) is 10.3. The van der Waals surface area contributed by atoms with E-state index in [1.54, 1.807) is 0 Å². The lowest BCUT2D eigenvalue weighted by molar-refractivity contribution is -0.118. The van der Waals surface area contributed by atoms with Gasteiger partial charge in [0.25, 0.3) is 0 Å². The lowest BCUT2D eigenvalue weighted by Crippen LogP contribution is -2.46. The molecule has 0 bridgehead atoms. The standard InChI is InChI=1S/C18H28N2O2/c1-13-8-14(2)17(15(3)9-13)19-16(22)10-20-7-5-6-18(4,11-20)12-21/h8-9,21H,5-7,10-12H2,1-4H3,(H,19,22). The number of rotatable bonds is 4. The molecule has 22 heavy (non-hydrogen) atoms. The Balaban J connectivity index is 1.99. The molecule has 1 aromatic carbocycles. The number of aryl methyl sites for hydroxylation is 3. The maximum Gasteiger partial charge on any atom is 0.238 e. The van der Waals surface area contributed by atoms with Gasteiger partial charge in [0.15, 0.2) is 0 Å². The third kappa shape index (κ3) is 4.08. The summed E-state index contributed by atoms with van der Waals surface area (Å²) in [6.45, 7) is 10.5. The van der Waals surface area contributed by atoms with Gasteiger partial charge >= 0.3 is 0 Å². The highest BCUT2D eigenvalue weighted by Crippen LogP contribution is 2.28. The molecule has 1 unspecified atom stereocenters. The number of amides is 1. The Bertz CT molecular complexity index is 533. The topological polar surface area (TPSA) is 52.6 Å². The van der Waals surface area contributed by atoms with Gasteiger partial charge in [-0.25, -0.2) is 0 Å². The first kappa shape index (κ1) is 17.0. The summed E-state index contributed by atoms with van der Waals surface area (Å²) < 4.78 is 0. The summed E-state index contributed by atoms with van der Waals surface area (Å²) in [5.74, 6) is 0.0252. The van der Waals surface area contributed by atoms with E-state index in [1.807, 2.05) is 13.8 Å². The summed E-state index contributed by atoms with van der Waals surface area (Å²) in [6, 6.07) is 4.18. The molecule has 1 fully saturated rings. The maximum atomic E-state index is 12.4. The lowest BCUT2D eigenvalue weighted by Gasteiger charge is -2.39. The van der Waals surface area contributed by atoms with Crippen LogP contribution in [0.4, 0.5) is 5.69 Å². The van der Waals surface area contributed by atoms with Crippen molar-refractivity contribution in [1.82, 2.24) is 4.90 Å². The molecule has 1 aromatic rings. The Kier molecular flexibility index (Phi) is 5.24. The summed E-state index contributed by atoms with van der Waals surface area (Å²) in [5, 5.41) is 12.6. The second-order valence-corrected chi connectivity index (χ2v) is 7.10. The number of nitrogens with one attached hydrogen (secondary N) is 1. The lowest BCUT2D eigenvalue weighted by atomic mass is 9.83. The van der Waals surface area contributed by atoms with Crippen LogP contribution in [-0.2, 0) is 4.79 Å². The smallest absolute Gasteiger partial charge is 0.238 e. The predicted octanol–water partition coefficient (Wildman–Crippen LogP) is 2.64. The van der Waals surface area contributed by atoms with Gasteiger partial charge in [-0.2, -0.15) is 0 Å². The number of piperidine rings is 1. The highest BCUT2D eigenvalue weighted by Gasteiger charge is 2.31. The molecule has 1 atom stereocenters. The Hall–Kier alpha value is -1.39. The predicted molar refractivity (Wildman–Crippen MR) is 90.1 cm³/mol. The number of hydrogen-bond donors (Lipinski definition) is 2. The van der Waals surface area contributed by atoms with Gasteiger partial charge in [0.1, 0.15) is 0 Å². The molecule has 1 aliphatic rings. The van der Waals surface area contributed by atoms with Crippen LogP contribution in [0.15, 0.2) is 12.1 Å². The zero-order valence-electron chi connectivity index (χ0n) is 14.2. The summed E-state index contributed by atoms with van der Waals surface area (Å²) in [5.41, 5.74) is 4.27. The fraction of sp³-hybridized carbons (Fsp3) is 0.611. The minimum Gasteiger partial charge on any atom is -0.396 e. The number of aliphatic hydroxyl groups excluding tert-OH is 1. The van der Waals surface area contributed by atoms with Crippen LogP contribution in [-0.4, -0.2) is 42.2 Å². The highest BCUT2D eigenvalue weighted by atomic mass is 16.3. The Morgan fingerprint density at radius 2 is 1.95 bits per heavy atom. The van der Waals surface area contributed by atoms with Gasteiger partial charge < -0.3 is 10.4 Å². The Labute approximate surface area is 133 Å². The molecule has 0 aliphatic carbocycles. The minimum atomic E-state index is -0.0752. The van der Waals surface area contributed by atoms with Crippen LogP contribution >= 0.6 is 0 Å². The maximum absolute atomic E-state index is 12.4.